The normalized spacial score (nSPS) is 12.0. The molecule has 0 saturated heterocycles. The Hall–Kier alpha value is -2.75. The van der Waals surface area contributed by atoms with Gasteiger partial charge in [-0.25, -0.2) is 0 Å². The van der Waals surface area contributed by atoms with Crippen molar-refractivity contribution in [3.63, 3.8) is 0 Å². The Bertz CT molecular complexity index is 750. The predicted octanol–water partition coefficient (Wildman–Crippen LogP) is 5.26. The quantitative estimate of drug-likeness (QED) is 0.659. The van der Waals surface area contributed by atoms with E-state index in [1.807, 2.05) is 37.3 Å². The number of ether oxygens (including phenoxy) is 2. The van der Waals surface area contributed by atoms with E-state index in [4.69, 9.17) is 9.47 Å². The molecule has 4 nitrogen and oxygen atoms in total. The van der Waals surface area contributed by atoms with Crippen molar-refractivity contribution in [2.75, 3.05) is 19.0 Å². The van der Waals surface area contributed by atoms with Gasteiger partial charge in [0.1, 0.15) is 0 Å². The third-order valence-corrected chi connectivity index (χ3v) is 4.27. The molecule has 2 aromatic carbocycles. The molecule has 0 radical (unpaired) electrons. The van der Waals surface area contributed by atoms with Crippen LogP contribution in [0.15, 0.2) is 48.5 Å². The van der Waals surface area contributed by atoms with Crippen LogP contribution in [-0.2, 0) is 4.79 Å². The summed E-state index contributed by atoms with van der Waals surface area (Å²) in [5, 5.41) is 2.88. The summed E-state index contributed by atoms with van der Waals surface area (Å²) < 4.78 is 10.8. The van der Waals surface area contributed by atoms with Crippen molar-refractivity contribution in [2.45, 2.75) is 33.1 Å². The summed E-state index contributed by atoms with van der Waals surface area (Å²) in [7, 11) is 1.60. The SMILES string of the molecule is CCOc1cc(/C=C/C(=O)Nc2ccc([C@H](C)CC)cc2)ccc1OC. The van der Waals surface area contributed by atoms with Crippen molar-refractivity contribution in [1.82, 2.24) is 0 Å². The standard InChI is InChI=1S/C22H27NO3/c1-5-16(3)18-9-11-19(12-10-18)23-22(24)14-8-17-7-13-20(25-4)21(15-17)26-6-2/h7-16H,5-6H2,1-4H3,(H,23,24)/b14-8+/t16-/m1/s1. The second kappa shape index (κ2) is 9.66. The lowest BCUT2D eigenvalue weighted by molar-refractivity contribution is -0.111. The molecular formula is C22H27NO3. The smallest absolute Gasteiger partial charge is 0.248 e. The largest absolute Gasteiger partial charge is 0.493 e. The highest BCUT2D eigenvalue weighted by molar-refractivity contribution is 6.01. The average molecular weight is 353 g/mol. The van der Waals surface area contributed by atoms with E-state index in [2.05, 4.69) is 31.3 Å². The molecule has 1 N–H and O–H groups in total. The van der Waals surface area contributed by atoms with Crippen LogP contribution >= 0.6 is 0 Å². The Labute approximate surface area is 155 Å². The van der Waals surface area contributed by atoms with Crippen molar-refractivity contribution < 1.29 is 14.3 Å². The maximum absolute atomic E-state index is 12.1. The number of hydrogen-bond acceptors (Lipinski definition) is 3. The summed E-state index contributed by atoms with van der Waals surface area (Å²) in [6.07, 6.45) is 4.37. The maximum atomic E-state index is 12.1. The molecule has 0 aliphatic rings. The number of carbonyl (C=O) groups excluding carboxylic acids is 1. The molecule has 0 aliphatic carbocycles. The topological polar surface area (TPSA) is 47.6 Å². The lowest BCUT2D eigenvalue weighted by Gasteiger charge is -2.10. The average Bonchev–Trinajstić information content (AvgIpc) is 2.67. The molecule has 0 aliphatic heterocycles. The predicted molar refractivity (Wildman–Crippen MR) is 107 cm³/mol. The van der Waals surface area contributed by atoms with Gasteiger partial charge < -0.3 is 14.8 Å². The first-order valence-electron chi connectivity index (χ1n) is 8.97. The van der Waals surface area contributed by atoms with Gasteiger partial charge in [0.2, 0.25) is 5.91 Å². The highest BCUT2D eigenvalue weighted by Crippen LogP contribution is 2.28. The second-order valence-electron chi connectivity index (χ2n) is 6.10. The fourth-order valence-electron chi connectivity index (χ4n) is 2.55. The molecule has 0 fully saturated rings. The van der Waals surface area contributed by atoms with Crippen molar-refractivity contribution in [3.05, 3.63) is 59.7 Å². The first-order valence-corrected chi connectivity index (χ1v) is 8.97. The highest BCUT2D eigenvalue weighted by atomic mass is 16.5. The van der Waals surface area contributed by atoms with Crippen LogP contribution in [-0.4, -0.2) is 19.6 Å². The van der Waals surface area contributed by atoms with E-state index in [1.165, 1.54) is 11.6 Å². The van der Waals surface area contributed by atoms with Crippen LogP contribution in [0.25, 0.3) is 6.08 Å². The van der Waals surface area contributed by atoms with E-state index in [1.54, 1.807) is 13.2 Å². The summed E-state index contributed by atoms with van der Waals surface area (Å²) in [5.41, 5.74) is 2.94. The van der Waals surface area contributed by atoms with E-state index in [0.29, 0.717) is 24.0 Å². The van der Waals surface area contributed by atoms with Gasteiger partial charge in [0.15, 0.2) is 11.5 Å². The van der Waals surface area contributed by atoms with Crippen LogP contribution in [0.1, 0.15) is 44.2 Å². The molecule has 4 heteroatoms. The van der Waals surface area contributed by atoms with Crippen LogP contribution in [0.2, 0.25) is 0 Å². The van der Waals surface area contributed by atoms with Crippen LogP contribution in [0.4, 0.5) is 5.69 Å². The Kier molecular flexibility index (Phi) is 7.27. The number of benzene rings is 2. The van der Waals surface area contributed by atoms with Crippen molar-refractivity contribution in [2.24, 2.45) is 0 Å². The minimum Gasteiger partial charge on any atom is -0.493 e. The molecule has 1 amide bonds. The number of rotatable bonds is 8. The highest BCUT2D eigenvalue weighted by Gasteiger charge is 2.05. The van der Waals surface area contributed by atoms with Gasteiger partial charge in [-0.15, -0.1) is 0 Å². The van der Waals surface area contributed by atoms with Gasteiger partial charge in [-0.05, 0) is 60.7 Å². The van der Waals surface area contributed by atoms with Crippen LogP contribution < -0.4 is 14.8 Å². The molecule has 2 aromatic rings. The lowest BCUT2D eigenvalue weighted by atomic mass is 9.99. The minimum atomic E-state index is -0.171. The lowest BCUT2D eigenvalue weighted by Crippen LogP contribution is -2.07. The molecule has 0 unspecified atom stereocenters. The Morgan fingerprint density at radius 2 is 1.85 bits per heavy atom. The number of methoxy groups -OCH3 is 1. The van der Waals surface area contributed by atoms with Crippen LogP contribution in [0.3, 0.4) is 0 Å². The summed E-state index contributed by atoms with van der Waals surface area (Å²) in [5.74, 6) is 1.69. The number of nitrogens with one attached hydrogen (secondary N) is 1. The Morgan fingerprint density at radius 1 is 1.12 bits per heavy atom. The summed E-state index contributed by atoms with van der Waals surface area (Å²) in [6, 6.07) is 13.6. The van der Waals surface area contributed by atoms with Crippen molar-refractivity contribution >= 4 is 17.7 Å². The van der Waals surface area contributed by atoms with Crippen LogP contribution in [0.5, 0.6) is 11.5 Å². The number of amides is 1. The Morgan fingerprint density at radius 3 is 2.46 bits per heavy atom. The molecule has 138 valence electrons. The van der Waals surface area contributed by atoms with Crippen molar-refractivity contribution in [3.8, 4) is 11.5 Å². The van der Waals surface area contributed by atoms with E-state index in [0.717, 1.165) is 17.7 Å². The van der Waals surface area contributed by atoms with Gasteiger partial charge in [-0.3, -0.25) is 4.79 Å². The van der Waals surface area contributed by atoms with Crippen molar-refractivity contribution in [1.29, 1.82) is 0 Å². The third-order valence-electron chi connectivity index (χ3n) is 4.27. The zero-order valence-corrected chi connectivity index (χ0v) is 15.9. The molecule has 0 aromatic heterocycles. The second-order valence-corrected chi connectivity index (χ2v) is 6.10. The van der Waals surface area contributed by atoms with E-state index < -0.39 is 0 Å². The summed E-state index contributed by atoms with van der Waals surface area (Å²) in [6.45, 7) is 6.83. The molecular weight excluding hydrogens is 326 g/mol. The summed E-state index contributed by atoms with van der Waals surface area (Å²) >= 11 is 0. The number of carbonyl (C=O) groups is 1. The van der Waals surface area contributed by atoms with E-state index in [9.17, 15) is 4.79 Å². The first kappa shape index (κ1) is 19.6. The molecule has 0 saturated carbocycles. The van der Waals surface area contributed by atoms with Gasteiger partial charge in [0, 0.05) is 11.8 Å². The minimum absolute atomic E-state index is 0.171. The van der Waals surface area contributed by atoms with Crippen LogP contribution in [0, 0.1) is 0 Å². The summed E-state index contributed by atoms with van der Waals surface area (Å²) in [4.78, 5) is 12.1. The van der Waals surface area contributed by atoms with Gasteiger partial charge in [0.05, 0.1) is 13.7 Å². The number of anilines is 1. The molecule has 0 bridgehead atoms. The zero-order valence-electron chi connectivity index (χ0n) is 15.9. The Balaban J connectivity index is 2.02. The molecule has 26 heavy (non-hydrogen) atoms. The maximum Gasteiger partial charge on any atom is 0.248 e. The molecule has 0 heterocycles. The third kappa shape index (κ3) is 5.38. The molecule has 1 atom stereocenters. The fourth-order valence-corrected chi connectivity index (χ4v) is 2.55. The van der Waals surface area contributed by atoms with E-state index >= 15 is 0 Å². The first-order chi connectivity index (χ1) is 12.6. The zero-order chi connectivity index (χ0) is 18.9. The number of hydrogen-bond donors (Lipinski definition) is 1. The van der Waals surface area contributed by atoms with Gasteiger partial charge in [-0.2, -0.15) is 0 Å². The van der Waals surface area contributed by atoms with E-state index in [-0.39, 0.29) is 5.91 Å². The molecule has 0 spiro atoms. The van der Waals surface area contributed by atoms with Gasteiger partial charge in [-0.1, -0.05) is 32.0 Å². The fraction of sp³-hybridized carbons (Fsp3) is 0.318. The van der Waals surface area contributed by atoms with Gasteiger partial charge >= 0.3 is 0 Å². The monoisotopic (exact) mass is 353 g/mol. The van der Waals surface area contributed by atoms with Gasteiger partial charge in [0.25, 0.3) is 0 Å². The molecule has 2 rings (SSSR count).